The van der Waals surface area contributed by atoms with Crippen LogP contribution in [-0.2, 0) is 0 Å². The second-order valence-electron chi connectivity index (χ2n) is 5.25. The van der Waals surface area contributed by atoms with Gasteiger partial charge >= 0.3 is 0 Å². The second kappa shape index (κ2) is 9.05. The van der Waals surface area contributed by atoms with E-state index in [-0.39, 0.29) is 5.75 Å². The van der Waals surface area contributed by atoms with Gasteiger partial charge in [0, 0.05) is 10.2 Å². The van der Waals surface area contributed by atoms with Gasteiger partial charge in [0.2, 0.25) is 0 Å². The molecule has 0 amide bonds. The molecule has 0 radical (unpaired) electrons. The van der Waals surface area contributed by atoms with Crippen molar-refractivity contribution in [3.8, 4) is 11.5 Å². The summed E-state index contributed by atoms with van der Waals surface area (Å²) in [5.41, 5.74) is 0. The summed E-state index contributed by atoms with van der Waals surface area (Å²) >= 11 is 4.76. The van der Waals surface area contributed by atoms with Crippen LogP contribution in [0.3, 0.4) is 0 Å². The van der Waals surface area contributed by atoms with E-state index >= 15 is 0 Å². The number of aromatic nitrogens is 2. The Labute approximate surface area is 163 Å². The van der Waals surface area contributed by atoms with Crippen molar-refractivity contribution in [1.29, 1.82) is 0 Å². The zero-order valence-corrected chi connectivity index (χ0v) is 16.3. The molecule has 3 rings (SSSR count). The van der Waals surface area contributed by atoms with Gasteiger partial charge in [-0.3, -0.25) is 0 Å². The Balaban J connectivity index is 1.46. The summed E-state index contributed by atoms with van der Waals surface area (Å²) in [6, 6.07) is 13.8. The highest BCUT2D eigenvalue weighted by molar-refractivity contribution is 9.10. The van der Waals surface area contributed by atoms with Gasteiger partial charge in [0.15, 0.2) is 17.7 Å². The third-order valence-corrected chi connectivity index (χ3v) is 4.61. The van der Waals surface area contributed by atoms with Crippen LogP contribution in [0.5, 0.6) is 11.5 Å². The van der Waals surface area contributed by atoms with Crippen molar-refractivity contribution in [2.24, 2.45) is 0 Å². The van der Waals surface area contributed by atoms with Crippen LogP contribution in [0.2, 0.25) is 0 Å². The number of thioether (sulfide) groups is 1. The molecule has 136 valence electrons. The lowest BCUT2D eigenvalue weighted by Gasteiger charge is -2.11. The zero-order valence-electron chi connectivity index (χ0n) is 13.9. The van der Waals surface area contributed by atoms with Crippen LogP contribution in [0.4, 0.5) is 4.39 Å². The van der Waals surface area contributed by atoms with E-state index < -0.39 is 11.9 Å². The molecule has 3 aromatic rings. The van der Waals surface area contributed by atoms with E-state index in [2.05, 4.69) is 26.1 Å². The highest BCUT2D eigenvalue weighted by atomic mass is 79.9. The smallest absolute Gasteiger partial charge is 0.276 e. The highest BCUT2D eigenvalue weighted by Gasteiger charge is 2.17. The molecular formula is C18H16BrFN2O3S. The molecule has 0 aliphatic heterocycles. The van der Waals surface area contributed by atoms with Gasteiger partial charge in [-0.1, -0.05) is 39.8 Å². The summed E-state index contributed by atoms with van der Waals surface area (Å²) in [6.07, 6.45) is -0.548. The number of nitrogens with zero attached hydrogens (tertiary/aromatic N) is 2. The Hall–Kier alpha value is -2.06. The van der Waals surface area contributed by atoms with Crippen LogP contribution >= 0.6 is 27.7 Å². The lowest BCUT2D eigenvalue weighted by Crippen LogP contribution is -2.04. The predicted molar refractivity (Wildman–Crippen MR) is 100 cm³/mol. The molecular weight excluding hydrogens is 423 g/mol. The molecule has 0 N–H and O–H groups in total. The first-order chi connectivity index (χ1) is 12.6. The maximum absolute atomic E-state index is 13.6. The van der Waals surface area contributed by atoms with Crippen LogP contribution in [0, 0.1) is 5.82 Å². The first-order valence-electron chi connectivity index (χ1n) is 7.87. The Morgan fingerprint density at radius 3 is 2.69 bits per heavy atom. The maximum atomic E-state index is 13.6. The molecule has 0 bridgehead atoms. The minimum absolute atomic E-state index is 0.148. The largest absolute Gasteiger partial charge is 0.493 e. The third-order valence-electron chi connectivity index (χ3n) is 3.30. The van der Waals surface area contributed by atoms with E-state index in [0.717, 1.165) is 10.2 Å². The summed E-state index contributed by atoms with van der Waals surface area (Å²) < 4.78 is 31.3. The maximum Gasteiger partial charge on any atom is 0.276 e. The first-order valence-corrected chi connectivity index (χ1v) is 9.65. The number of rotatable bonds is 8. The fraction of sp³-hybridized carbons (Fsp3) is 0.222. The minimum atomic E-state index is -0.548. The molecule has 1 aromatic heterocycles. The second-order valence-corrected chi connectivity index (χ2v) is 7.21. The van der Waals surface area contributed by atoms with Gasteiger partial charge in [-0.05, 0) is 43.3 Å². The first kappa shape index (κ1) is 18.7. The summed E-state index contributed by atoms with van der Waals surface area (Å²) in [7, 11) is 0. The van der Waals surface area contributed by atoms with Crippen LogP contribution in [-0.4, -0.2) is 22.6 Å². The topological polar surface area (TPSA) is 57.4 Å². The van der Waals surface area contributed by atoms with Crippen molar-refractivity contribution in [3.63, 3.8) is 0 Å². The van der Waals surface area contributed by atoms with E-state index in [4.69, 9.17) is 13.9 Å². The molecule has 0 saturated carbocycles. The Kier molecular flexibility index (Phi) is 6.51. The van der Waals surface area contributed by atoms with Crippen molar-refractivity contribution < 1.29 is 18.3 Å². The average molecular weight is 439 g/mol. The molecule has 8 heteroatoms. The summed E-state index contributed by atoms with van der Waals surface area (Å²) in [5.74, 6) is 1.46. The minimum Gasteiger partial charge on any atom is -0.493 e. The van der Waals surface area contributed by atoms with E-state index in [0.29, 0.717) is 23.5 Å². The molecule has 1 atom stereocenters. The van der Waals surface area contributed by atoms with Crippen LogP contribution < -0.4 is 9.47 Å². The van der Waals surface area contributed by atoms with Gasteiger partial charge in [0.1, 0.15) is 5.75 Å². The molecule has 0 aliphatic rings. The molecule has 1 heterocycles. The number of hydrogen-bond acceptors (Lipinski definition) is 6. The number of hydrogen-bond donors (Lipinski definition) is 0. The van der Waals surface area contributed by atoms with Gasteiger partial charge < -0.3 is 13.9 Å². The molecule has 0 spiro atoms. The molecule has 26 heavy (non-hydrogen) atoms. The number of para-hydroxylation sites is 1. The Bertz CT molecular complexity index is 844. The number of ether oxygens (including phenoxy) is 2. The standard InChI is InChI=1S/C18H16BrFN2O3S/c1-12(24-16-5-3-2-4-15(16)20)17-21-22-18(25-17)26-11-10-23-14-8-6-13(19)7-9-14/h2-9,12H,10-11H2,1H3/t12-/m0/s1. The van der Waals surface area contributed by atoms with Crippen molar-refractivity contribution in [2.45, 2.75) is 18.3 Å². The third kappa shape index (κ3) is 5.22. The van der Waals surface area contributed by atoms with Gasteiger partial charge in [-0.2, -0.15) is 0 Å². The lowest BCUT2D eigenvalue weighted by atomic mass is 10.3. The highest BCUT2D eigenvalue weighted by Crippen LogP contribution is 2.25. The van der Waals surface area contributed by atoms with E-state index in [9.17, 15) is 4.39 Å². The van der Waals surface area contributed by atoms with E-state index in [1.165, 1.54) is 17.8 Å². The lowest BCUT2D eigenvalue weighted by molar-refractivity contribution is 0.174. The van der Waals surface area contributed by atoms with Crippen LogP contribution in [0.25, 0.3) is 0 Å². The summed E-state index contributed by atoms with van der Waals surface area (Å²) in [5, 5.41) is 8.35. The molecule has 5 nitrogen and oxygen atoms in total. The van der Waals surface area contributed by atoms with Gasteiger partial charge in [-0.25, -0.2) is 4.39 Å². The Morgan fingerprint density at radius 1 is 1.15 bits per heavy atom. The van der Waals surface area contributed by atoms with Gasteiger partial charge in [-0.15, -0.1) is 10.2 Å². The normalized spacial score (nSPS) is 12.0. The summed E-state index contributed by atoms with van der Waals surface area (Å²) in [4.78, 5) is 0. The van der Waals surface area contributed by atoms with Crippen LogP contribution in [0.15, 0.2) is 62.6 Å². The molecule has 2 aromatic carbocycles. The van der Waals surface area contributed by atoms with Crippen molar-refractivity contribution >= 4 is 27.7 Å². The SMILES string of the molecule is C[C@H](Oc1ccccc1F)c1nnc(SCCOc2ccc(Br)cc2)o1. The molecule has 0 aliphatic carbocycles. The van der Waals surface area contributed by atoms with E-state index in [1.54, 1.807) is 25.1 Å². The predicted octanol–water partition coefficient (Wildman–Crippen LogP) is 5.28. The fourth-order valence-corrected chi connectivity index (χ4v) is 2.89. The molecule has 0 unspecified atom stereocenters. The van der Waals surface area contributed by atoms with Crippen molar-refractivity contribution in [3.05, 3.63) is 64.7 Å². The quantitative estimate of drug-likeness (QED) is 0.352. The van der Waals surface area contributed by atoms with Crippen molar-refractivity contribution in [2.75, 3.05) is 12.4 Å². The van der Waals surface area contributed by atoms with Crippen LogP contribution in [0.1, 0.15) is 18.9 Å². The van der Waals surface area contributed by atoms with E-state index in [1.807, 2.05) is 24.3 Å². The number of halogens is 2. The number of benzene rings is 2. The van der Waals surface area contributed by atoms with Gasteiger partial charge in [0.25, 0.3) is 11.1 Å². The average Bonchev–Trinajstić information content (AvgIpc) is 3.11. The molecule has 0 saturated heterocycles. The fourth-order valence-electron chi connectivity index (χ4n) is 2.04. The zero-order chi connectivity index (χ0) is 18.4. The van der Waals surface area contributed by atoms with Gasteiger partial charge in [0.05, 0.1) is 6.61 Å². The summed E-state index contributed by atoms with van der Waals surface area (Å²) in [6.45, 7) is 2.23. The van der Waals surface area contributed by atoms with Crippen molar-refractivity contribution in [1.82, 2.24) is 10.2 Å². The Morgan fingerprint density at radius 2 is 1.92 bits per heavy atom. The monoisotopic (exact) mass is 438 g/mol. The molecule has 0 fully saturated rings.